The second-order valence-electron chi connectivity index (χ2n) is 4.42. The molecule has 0 unspecified atom stereocenters. The van der Waals surface area contributed by atoms with Crippen LogP contribution in [0.2, 0.25) is 0 Å². The average Bonchev–Trinajstić information content (AvgIpc) is 2.32. The van der Waals surface area contributed by atoms with Gasteiger partial charge < -0.3 is 11.1 Å². The molecule has 1 aromatic heterocycles. The van der Waals surface area contributed by atoms with Crippen LogP contribution in [0, 0.1) is 0 Å². The van der Waals surface area contributed by atoms with Crippen LogP contribution >= 0.6 is 15.9 Å². The molecule has 0 saturated heterocycles. The number of hydrogen-bond acceptors (Lipinski definition) is 3. The molecule has 0 atom stereocenters. The Kier molecular flexibility index (Phi) is 4.12. The van der Waals surface area contributed by atoms with Gasteiger partial charge in [0.1, 0.15) is 5.69 Å². The number of carbonyl (C=O) groups is 1. The molecule has 1 fully saturated rings. The molecule has 92 valence electrons. The molecule has 1 saturated carbocycles. The third-order valence-corrected chi connectivity index (χ3v) is 3.72. The van der Waals surface area contributed by atoms with Gasteiger partial charge in [-0.05, 0) is 53.7 Å². The predicted octanol–water partition coefficient (Wildman–Crippen LogP) is 1.84. The zero-order valence-electron chi connectivity index (χ0n) is 9.53. The monoisotopic (exact) mass is 297 g/mol. The molecule has 0 bridgehead atoms. The minimum absolute atomic E-state index is 0.113. The predicted molar refractivity (Wildman–Crippen MR) is 69.6 cm³/mol. The van der Waals surface area contributed by atoms with E-state index in [-0.39, 0.29) is 11.9 Å². The number of carbonyl (C=O) groups excluding carboxylic acids is 1. The zero-order valence-corrected chi connectivity index (χ0v) is 11.1. The maximum Gasteiger partial charge on any atom is 0.271 e. The van der Waals surface area contributed by atoms with Crippen molar-refractivity contribution >= 4 is 21.8 Å². The Labute approximate surface area is 109 Å². The third kappa shape index (κ3) is 3.26. The third-order valence-electron chi connectivity index (χ3n) is 3.08. The van der Waals surface area contributed by atoms with E-state index < -0.39 is 0 Å². The lowest BCUT2D eigenvalue weighted by molar-refractivity contribution is 0.0920. The van der Waals surface area contributed by atoms with E-state index >= 15 is 0 Å². The maximum absolute atomic E-state index is 12.0. The van der Waals surface area contributed by atoms with Crippen LogP contribution in [0.15, 0.2) is 22.8 Å². The van der Waals surface area contributed by atoms with Gasteiger partial charge in [0.15, 0.2) is 0 Å². The number of nitrogens with one attached hydrogen (secondary N) is 1. The summed E-state index contributed by atoms with van der Waals surface area (Å²) in [6.45, 7) is 0. The molecule has 1 aromatic rings. The SMILES string of the molecule is NC1CCC(NC(=O)c2ncccc2Br)CC1. The largest absolute Gasteiger partial charge is 0.348 e. The smallest absolute Gasteiger partial charge is 0.271 e. The lowest BCUT2D eigenvalue weighted by atomic mass is 9.92. The summed E-state index contributed by atoms with van der Waals surface area (Å²) in [5.41, 5.74) is 6.28. The van der Waals surface area contributed by atoms with Crippen molar-refractivity contribution in [2.45, 2.75) is 37.8 Å². The van der Waals surface area contributed by atoms with Crippen molar-refractivity contribution in [1.82, 2.24) is 10.3 Å². The topological polar surface area (TPSA) is 68.0 Å². The van der Waals surface area contributed by atoms with E-state index in [4.69, 9.17) is 5.73 Å². The molecule has 3 N–H and O–H groups in total. The van der Waals surface area contributed by atoms with E-state index in [2.05, 4.69) is 26.2 Å². The molecule has 1 aliphatic rings. The molecule has 5 heteroatoms. The molecular formula is C12H16BrN3O. The molecule has 4 nitrogen and oxygen atoms in total. The molecule has 1 heterocycles. The fraction of sp³-hybridized carbons (Fsp3) is 0.500. The summed E-state index contributed by atoms with van der Waals surface area (Å²) in [6, 6.07) is 4.14. The molecule has 1 aliphatic carbocycles. The number of halogens is 1. The van der Waals surface area contributed by atoms with E-state index in [0.717, 1.165) is 30.2 Å². The lowest BCUT2D eigenvalue weighted by Crippen LogP contribution is -2.40. The van der Waals surface area contributed by atoms with Crippen LogP contribution < -0.4 is 11.1 Å². The van der Waals surface area contributed by atoms with Crippen molar-refractivity contribution < 1.29 is 4.79 Å². The van der Waals surface area contributed by atoms with Crippen LogP contribution in [0.3, 0.4) is 0 Å². The fourth-order valence-corrected chi connectivity index (χ4v) is 2.51. The highest BCUT2D eigenvalue weighted by atomic mass is 79.9. The number of aromatic nitrogens is 1. The summed E-state index contributed by atoms with van der Waals surface area (Å²) in [6.07, 6.45) is 5.49. The second-order valence-corrected chi connectivity index (χ2v) is 5.27. The van der Waals surface area contributed by atoms with Gasteiger partial charge in [-0.2, -0.15) is 0 Å². The van der Waals surface area contributed by atoms with E-state index in [0.29, 0.717) is 11.7 Å². The number of nitrogens with zero attached hydrogens (tertiary/aromatic N) is 1. The zero-order chi connectivity index (χ0) is 12.3. The van der Waals surface area contributed by atoms with Gasteiger partial charge in [0, 0.05) is 22.8 Å². The number of amides is 1. The van der Waals surface area contributed by atoms with Crippen molar-refractivity contribution in [3.63, 3.8) is 0 Å². The highest BCUT2D eigenvalue weighted by Crippen LogP contribution is 2.18. The minimum atomic E-state index is -0.113. The average molecular weight is 298 g/mol. The number of hydrogen-bond donors (Lipinski definition) is 2. The Morgan fingerprint density at radius 1 is 1.41 bits per heavy atom. The first kappa shape index (κ1) is 12.5. The van der Waals surface area contributed by atoms with Crippen molar-refractivity contribution in [2.24, 2.45) is 5.73 Å². The van der Waals surface area contributed by atoms with Crippen LogP contribution in [0.5, 0.6) is 0 Å². The number of nitrogens with two attached hydrogens (primary N) is 1. The van der Waals surface area contributed by atoms with E-state index in [1.165, 1.54) is 0 Å². The summed E-state index contributed by atoms with van der Waals surface area (Å²) < 4.78 is 0.727. The van der Waals surface area contributed by atoms with Crippen LogP contribution in [0.25, 0.3) is 0 Å². The van der Waals surface area contributed by atoms with Crippen molar-refractivity contribution in [2.75, 3.05) is 0 Å². The van der Waals surface area contributed by atoms with Gasteiger partial charge in [0.25, 0.3) is 5.91 Å². The van der Waals surface area contributed by atoms with Gasteiger partial charge >= 0.3 is 0 Å². The maximum atomic E-state index is 12.0. The van der Waals surface area contributed by atoms with Gasteiger partial charge in [-0.15, -0.1) is 0 Å². The van der Waals surface area contributed by atoms with Crippen molar-refractivity contribution in [1.29, 1.82) is 0 Å². The Hall–Kier alpha value is -0.940. The Balaban J connectivity index is 1.96. The molecule has 0 radical (unpaired) electrons. The fourth-order valence-electron chi connectivity index (χ4n) is 2.07. The minimum Gasteiger partial charge on any atom is -0.348 e. The number of rotatable bonds is 2. The molecule has 2 rings (SSSR count). The van der Waals surface area contributed by atoms with Gasteiger partial charge in [0.2, 0.25) is 0 Å². The Morgan fingerprint density at radius 2 is 2.12 bits per heavy atom. The van der Waals surface area contributed by atoms with Gasteiger partial charge in [-0.25, -0.2) is 4.98 Å². The summed E-state index contributed by atoms with van der Waals surface area (Å²) in [5.74, 6) is -0.113. The second kappa shape index (κ2) is 5.60. The summed E-state index contributed by atoms with van der Waals surface area (Å²) >= 11 is 3.33. The number of pyridine rings is 1. The standard InChI is InChI=1S/C12H16BrN3O/c13-10-2-1-7-15-11(10)12(17)16-9-5-3-8(14)4-6-9/h1-2,7-9H,3-6,14H2,(H,16,17). The molecule has 0 spiro atoms. The molecule has 1 amide bonds. The normalized spacial score (nSPS) is 24.4. The quantitative estimate of drug-likeness (QED) is 0.875. The van der Waals surface area contributed by atoms with Crippen LogP contribution in [0.1, 0.15) is 36.2 Å². The first-order valence-electron chi connectivity index (χ1n) is 5.84. The molecule has 0 aromatic carbocycles. The van der Waals surface area contributed by atoms with E-state index in [1.54, 1.807) is 12.3 Å². The summed E-state index contributed by atoms with van der Waals surface area (Å²) in [4.78, 5) is 16.1. The van der Waals surface area contributed by atoms with Gasteiger partial charge in [-0.3, -0.25) is 4.79 Å². The van der Waals surface area contributed by atoms with Gasteiger partial charge in [-0.1, -0.05) is 0 Å². The first-order valence-corrected chi connectivity index (χ1v) is 6.63. The van der Waals surface area contributed by atoms with Crippen molar-refractivity contribution in [3.8, 4) is 0 Å². The summed E-state index contributed by atoms with van der Waals surface area (Å²) in [7, 11) is 0. The first-order chi connectivity index (χ1) is 8.16. The van der Waals surface area contributed by atoms with Crippen LogP contribution in [-0.4, -0.2) is 23.0 Å². The van der Waals surface area contributed by atoms with Gasteiger partial charge in [0.05, 0.1) is 0 Å². The molecule has 0 aliphatic heterocycles. The van der Waals surface area contributed by atoms with Crippen LogP contribution in [0.4, 0.5) is 0 Å². The highest BCUT2D eigenvalue weighted by Gasteiger charge is 2.21. The Morgan fingerprint density at radius 3 is 2.76 bits per heavy atom. The summed E-state index contributed by atoms with van der Waals surface area (Å²) in [5, 5.41) is 3.01. The van der Waals surface area contributed by atoms with E-state index in [1.807, 2.05) is 6.07 Å². The van der Waals surface area contributed by atoms with E-state index in [9.17, 15) is 4.79 Å². The van der Waals surface area contributed by atoms with Crippen LogP contribution in [-0.2, 0) is 0 Å². The Bertz CT molecular complexity index is 402. The lowest BCUT2D eigenvalue weighted by Gasteiger charge is -2.26. The molecular weight excluding hydrogens is 282 g/mol. The van der Waals surface area contributed by atoms with Crippen molar-refractivity contribution in [3.05, 3.63) is 28.5 Å². The highest BCUT2D eigenvalue weighted by molar-refractivity contribution is 9.10. The molecule has 17 heavy (non-hydrogen) atoms.